The summed E-state index contributed by atoms with van der Waals surface area (Å²) in [7, 11) is 3.14. The van der Waals surface area contributed by atoms with Gasteiger partial charge in [-0.2, -0.15) is 0 Å². The number of carbonyl (C=O) groups excluding carboxylic acids is 1. The Morgan fingerprint density at radius 1 is 1.12 bits per heavy atom. The number of ether oxygens (including phenoxy) is 2. The molecule has 2 heterocycles. The van der Waals surface area contributed by atoms with Gasteiger partial charge in [0.2, 0.25) is 5.69 Å². The summed E-state index contributed by atoms with van der Waals surface area (Å²) < 4.78 is 10.7. The molecule has 0 atom stereocenters. The van der Waals surface area contributed by atoms with Crippen molar-refractivity contribution in [1.29, 1.82) is 0 Å². The van der Waals surface area contributed by atoms with Crippen molar-refractivity contribution in [3.05, 3.63) is 53.9 Å². The molecule has 1 fully saturated rings. The highest BCUT2D eigenvalue weighted by Crippen LogP contribution is 2.31. The SMILES string of the molecule is COc1cccc(C(=O)N2CC[NH+](Cc3cccc[nH+]3)CC2)c1OC. The van der Waals surface area contributed by atoms with Gasteiger partial charge in [-0.15, -0.1) is 0 Å². The van der Waals surface area contributed by atoms with Gasteiger partial charge in [-0.3, -0.25) is 4.79 Å². The molecule has 0 saturated carbocycles. The molecular weight excluding hydrogens is 318 g/mol. The number of piperazine rings is 1. The van der Waals surface area contributed by atoms with E-state index in [4.69, 9.17) is 9.47 Å². The van der Waals surface area contributed by atoms with Crippen molar-refractivity contribution in [1.82, 2.24) is 4.90 Å². The van der Waals surface area contributed by atoms with E-state index < -0.39 is 0 Å². The van der Waals surface area contributed by atoms with Gasteiger partial charge in [0.25, 0.3) is 5.91 Å². The number of aromatic amines is 1. The molecule has 1 aromatic carbocycles. The number of para-hydroxylation sites is 1. The van der Waals surface area contributed by atoms with Gasteiger partial charge in [0.15, 0.2) is 24.2 Å². The zero-order valence-corrected chi connectivity index (χ0v) is 14.7. The number of carbonyl (C=O) groups is 1. The van der Waals surface area contributed by atoms with E-state index in [-0.39, 0.29) is 5.91 Å². The minimum atomic E-state index is 0.000994. The number of methoxy groups -OCH3 is 2. The van der Waals surface area contributed by atoms with Gasteiger partial charge >= 0.3 is 0 Å². The quantitative estimate of drug-likeness (QED) is 0.835. The number of H-pyrrole nitrogens is 1. The number of benzene rings is 1. The van der Waals surface area contributed by atoms with Crippen LogP contribution in [0.5, 0.6) is 11.5 Å². The second-order valence-electron chi connectivity index (χ2n) is 6.15. The van der Waals surface area contributed by atoms with E-state index >= 15 is 0 Å². The largest absolute Gasteiger partial charge is 0.493 e. The van der Waals surface area contributed by atoms with Crippen molar-refractivity contribution >= 4 is 5.91 Å². The summed E-state index contributed by atoms with van der Waals surface area (Å²) in [5, 5.41) is 0. The summed E-state index contributed by atoms with van der Waals surface area (Å²) in [5.74, 6) is 1.09. The summed E-state index contributed by atoms with van der Waals surface area (Å²) in [6, 6.07) is 11.5. The van der Waals surface area contributed by atoms with E-state index in [2.05, 4.69) is 11.1 Å². The lowest BCUT2D eigenvalue weighted by molar-refractivity contribution is -0.921. The minimum Gasteiger partial charge on any atom is -0.493 e. The van der Waals surface area contributed by atoms with Crippen LogP contribution in [0.25, 0.3) is 0 Å². The van der Waals surface area contributed by atoms with Crippen LogP contribution in [0, 0.1) is 0 Å². The molecule has 1 amide bonds. The first-order chi connectivity index (χ1) is 12.2. The van der Waals surface area contributed by atoms with Crippen LogP contribution in [0.4, 0.5) is 0 Å². The normalized spacial score (nSPS) is 15.0. The summed E-state index contributed by atoms with van der Waals surface area (Å²) >= 11 is 0. The fraction of sp³-hybridized carbons (Fsp3) is 0.368. The first-order valence-corrected chi connectivity index (χ1v) is 8.52. The molecule has 1 saturated heterocycles. The molecule has 25 heavy (non-hydrogen) atoms. The van der Waals surface area contributed by atoms with Gasteiger partial charge in [-0.25, -0.2) is 4.98 Å². The predicted molar refractivity (Wildman–Crippen MR) is 92.8 cm³/mol. The smallest absolute Gasteiger partial charge is 0.258 e. The Morgan fingerprint density at radius 3 is 2.56 bits per heavy atom. The summed E-state index contributed by atoms with van der Waals surface area (Å²) in [6.07, 6.45) is 1.95. The lowest BCUT2D eigenvalue weighted by atomic mass is 10.1. The topological polar surface area (TPSA) is 57.3 Å². The van der Waals surface area contributed by atoms with Crippen LogP contribution in [0.3, 0.4) is 0 Å². The van der Waals surface area contributed by atoms with Gasteiger partial charge < -0.3 is 19.3 Å². The molecule has 6 nitrogen and oxygen atoms in total. The maximum Gasteiger partial charge on any atom is 0.258 e. The number of quaternary nitrogens is 1. The molecular formula is C19H25N3O3+2. The minimum absolute atomic E-state index is 0.000994. The van der Waals surface area contributed by atoms with Crippen molar-refractivity contribution in [3.63, 3.8) is 0 Å². The van der Waals surface area contributed by atoms with Crippen LogP contribution in [0.2, 0.25) is 0 Å². The second-order valence-corrected chi connectivity index (χ2v) is 6.15. The zero-order chi connectivity index (χ0) is 17.6. The van der Waals surface area contributed by atoms with Crippen LogP contribution < -0.4 is 19.4 Å². The second kappa shape index (κ2) is 7.98. The maximum absolute atomic E-state index is 12.9. The van der Waals surface area contributed by atoms with Gasteiger partial charge in [0.1, 0.15) is 0 Å². The molecule has 0 bridgehead atoms. The molecule has 0 radical (unpaired) electrons. The summed E-state index contributed by atoms with van der Waals surface area (Å²) in [5.41, 5.74) is 1.77. The molecule has 0 aliphatic carbocycles. The number of hydrogen-bond acceptors (Lipinski definition) is 3. The number of hydrogen-bond donors (Lipinski definition) is 1. The monoisotopic (exact) mass is 343 g/mol. The number of amides is 1. The average Bonchev–Trinajstić information content (AvgIpc) is 2.68. The Hall–Kier alpha value is -2.60. The summed E-state index contributed by atoms with van der Waals surface area (Å²) in [6.45, 7) is 4.29. The standard InChI is InChI=1S/C19H23N3O3/c1-24-17-8-5-7-16(18(17)25-2)19(23)22-12-10-21(11-13-22)14-15-6-3-4-9-20-15/h3-9H,10-14H2,1-2H3/p+2. The van der Waals surface area contributed by atoms with Gasteiger partial charge in [-0.05, 0) is 18.2 Å². The maximum atomic E-state index is 12.9. The molecule has 1 aromatic heterocycles. The molecule has 6 heteroatoms. The molecule has 0 unspecified atom stereocenters. The highest BCUT2D eigenvalue weighted by atomic mass is 16.5. The number of nitrogens with zero attached hydrogens (tertiary/aromatic N) is 1. The highest BCUT2D eigenvalue weighted by Gasteiger charge is 2.28. The van der Waals surface area contributed by atoms with Gasteiger partial charge in [-0.1, -0.05) is 6.07 Å². The van der Waals surface area contributed by atoms with E-state index in [1.807, 2.05) is 29.3 Å². The third kappa shape index (κ3) is 3.91. The van der Waals surface area contributed by atoms with E-state index in [0.717, 1.165) is 32.7 Å². The van der Waals surface area contributed by atoms with E-state index in [1.165, 1.54) is 10.6 Å². The van der Waals surface area contributed by atoms with Crippen LogP contribution in [-0.2, 0) is 6.54 Å². The van der Waals surface area contributed by atoms with Gasteiger partial charge in [0.05, 0.1) is 46.0 Å². The zero-order valence-electron chi connectivity index (χ0n) is 14.7. The number of aromatic nitrogens is 1. The predicted octanol–water partition coefficient (Wildman–Crippen LogP) is 0.0588. The van der Waals surface area contributed by atoms with Crippen LogP contribution in [0.15, 0.2) is 42.6 Å². The molecule has 2 aromatic rings. The van der Waals surface area contributed by atoms with Crippen LogP contribution in [-0.4, -0.2) is 51.2 Å². The van der Waals surface area contributed by atoms with Crippen molar-refractivity contribution in [3.8, 4) is 11.5 Å². The molecule has 2 N–H and O–H groups in total. The lowest BCUT2D eigenvalue weighted by Gasteiger charge is -2.31. The first-order valence-electron chi connectivity index (χ1n) is 8.52. The fourth-order valence-electron chi connectivity index (χ4n) is 3.24. The summed E-state index contributed by atoms with van der Waals surface area (Å²) in [4.78, 5) is 19.5. The van der Waals surface area contributed by atoms with Crippen molar-refractivity contribution < 1.29 is 24.2 Å². The Balaban J connectivity index is 1.64. The van der Waals surface area contributed by atoms with E-state index in [1.54, 1.807) is 26.4 Å². The Bertz CT molecular complexity index is 713. The molecule has 1 aliphatic heterocycles. The number of pyridine rings is 1. The molecule has 1 aliphatic rings. The lowest BCUT2D eigenvalue weighted by Crippen LogP contribution is -3.13. The Labute approximate surface area is 148 Å². The number of nitrogens with one attached hydrogen (secondary N) is 2. The Kier molecular flexibility index (Phi) is 5.50. The average molecular weight is 343 g/mol. The molecule has 0 spiro atoms. The van der Waals surface area contributed by atoms with Crippen LogP contribution in [0.1, 0.15) is 16.1 Å². The van der Waals surface area contributed by atoms with Crippen molar-refractivity contribution in [2.45, 2.75) is 6.54 Å². The van der Waals surface area contributed by atoms with Gasteiger partial charge in [0, 0.05) is 12.1 Å². The molecule has 132 valence electrons. The Morgan fingerprint density at radius 2 is 1.92 bits per heavy atom. The van der Waals surface area contributed by atoms with Crippen LogP contribution >= 0.6 is 0 Å². The third-order valence-corrected chi connectivity index (χ3v) is 4.61. The third-order valence-electron chi connectivity index (χ3n) is 4.61. The van der Waals surface area contributed by atoms with Crippen molar-refractivity contribution in [2.24, 2.45) is 0 Å². The first kappa shape index (κ1) is 17.2. The number of rotatable bonds is 5. The van der Waals surface area contributed by atoms with E-state index in [0.29, 0.717) is 17.1 Å². The van der Waals surface area contributed by atoms with E-state index in [9.17, 15) is 4.79 Å². The highest BCUT2D eigenvalue weighted by molar-refractivity contribution is 5.97. The molecule has 3 rings (SSSR count). The fourth-order valence-corrected chi connectivity index (χ4v) is 3.24. The van der Waals surface area contributed by atoms with Crippen molar-refractivity contribution in [2.75, 3.05) is 40.4 Å².